The van der Waals surface area contributed by atoms with Crippen LogP contribution in [0.25, 0.3) is 0 Å². The average Bonchev–Trinajstić information content (AvgIpc) is 2.81. The molecule has 0 fully saturated rings. The van der Waals surface area contributed by atoms with Crippen molar-refractivity contribution in [3.63, 3.8) is 0 Å². The average molecular weight is 342 g/mol. The van der Waals surface area contributed by atoms with Gasteiger partial charge in [-0.15, -0.1) is 21.5 Å². The molecule has 2 aromatic rings. The molecule has 102 valence electrons. The van der Waals surface area contributed by atoms with Crippen molar-refractivity contribution in [3.05, 3.63) is 38.3 Å². The molecule has 1 heterocycles. The SMILES string of the molecule is COc1ccc([C@H](C)NCc2nnc(C)s2)cc1Br. The Morgan fingerprint density at radius 1 is 1.42 bits per heavy atom. The third kappa shape index (κ3) is 3.75. The highest BCUT2D eigenvalue weighted by Crippen LogP contribution is 2.28. The van der Waals surface area contributed by atoms with Crippen LogP contribution in [-0.4, -0.2) is 17.3 Å². The van der Waals surface area contributed by atoms with Crippen LogP contribution in [-0.2, 0) is 6.54 Å². The molecule has 0 aliphatic carbocycles. The van der Waals surface area contributed by atoms with Gasteiger partial charge in [-0.1, -0.05) is 6.07 Å². The molecule has 6 heteroatoms. The van der Waals surface area contributed by atoms with Gasteiger partial charge in [0, 0.05) is 6.04 Å². The van der Waals surface area contributed by atoms with E-state index in [1.807, 2.05) is 13.0 Å². The van der Waals surface area contributed by atoms with Crippen molar-refractivity contribution in [2.75, 3.05) is 7.11 Å². The van der Waals surface area contributed by atoms with E-state index in [0.717, 1.165) is 26.8 Å². The van der Waals surface area contributed by atoms with Crippen molar-refractivity contribution in [2.45, 2.75) is 26.4 Å². The molecule has 0 saturated carbocycles. The molecule has 1 atom stereocenters. The third-order valence-electron chi connectivity index (χ3n) is 2.80. The van der Waals surface area contributed by atoms with Crippen LogP contribution in [0.15, 0.2) is 22.7 Å². The zero-order valence-corrected chi connectivity index (χ0v) is 13.5. The first-order valence-corrected chi connectivity index (χ1v) is 7.57. The maximum absolute atomic E-state index is 5.23. The Morgan fingerprint density at radius 2 is 2.21 bits per heavy atom. The Labute approximate surface area is 125 Å². The molecule has 0 aliphatic rings. The lowest BCUT2D eigenvalue weighted by atomic mass is 10.1. The maximum Gasteiger partial charge on any atom is 0.133 e. The van der Waals surface area contributed by atoms with Crippen molar-refractivity contribution in [1.29, 1.82) is 0 Å². The van der Waals surface area contributed by atoms with Gasteiger partial charge in [0.25, 0.3) is 0 Å². The van der Waals surface area contributed by atoms with E-state index in [-0.39, 0.29) is 6.04 Å². The molecule has 0 aliphatic heterocycles. The van der Waals surface area contributed by atoms with E-state index in [2.05, 4.69) is 50.5 Å². The van der Waals surface area contributed by atoms with Gasteiger partial charge in [0.15, 0.2) is 0 Å². The minimum atomic E-state index is 0.242. The van der Waals surface area contributed by atoms with Crippen molar-refractivity contribution in [3.8, 4) is 5.75 Å². The summed E-state index contributed by atoms with van der Waals surface area (Å²) in [6, 6.07) is 6.34. The second kappa shape index (κ2) is 6.45. The smallest absolute Gasteiger partial charge is 0.133 e. The van der Waals surface area contributed by atoms with E-state index in [0.29, 0.717) is 0 Å². The first-order valence-electron chi connectivity index (χ1n) is 5.96. The van der Waals surface area contributed by atoms with Gasteiger partial charge in [-0.2, -0.15) is 0 Å². The van der Waals surface area contributed by atoms with Crippen LogP contribution in [0.3, 0.4) is 0 Å². The number of hydrogen-bond acceptors (Lipinski definition) is 5. The number of aromatic nitrogens is 2. The van der Waals surface area contributed by atoms with Gasteiger partial charge >= 0.3 is 0 Å². The van der Waals surface area contributed by atoms with E-state index < -0.39 is 0 Å². The van der Waals surface area contributed by atoms with Gasteiger partial charge in [0.1, 0.15) is 15.8 Å². The molecule has 1 aromatic carbocycles. The van der Waals surface area contributed by atoms with E-state index in [1.165, 1.54) is 5.56 Å². The predicted molar refractivity (Wildman–Crippen MR) is 80.6 cm³/mol. The zero-order valence-electron chi connectivity index (χ0n) is 11.1. The van der Waals surface area contributed by atoms with E-state index in [9.17, 15) is 0 Å². The fraction of sp³-hybridized carbons (Fsp3) is 0.385. The molecular weight excluding hydrogens is 326 g/mol. The van der Waals surface area contributed by atoms with Gasteiger partial charge in [-0.05, 0) is 47.5 Å². The quantitative estimate of drug-likeness (QED) is 0.904. The second-order valence-corrected chi connectivity index (χ2v) is 6.33. The number of aryl methyl sites for hydroxylation is 1. The van der Waals surface area contributed by atoms with Crippen LogP contribution in [0.4, 0.5) is 0 Å². The zero-order chi connectivity index (χ0) is 13.8. The predicted octanol–water partition coefficient (Wildman–Crippen LogP) is 3.47. The largest absolute Gasteiger partial charge is 0.496 e. The topological polar surface area (TPSA) is 47.0 Å². The first-order chi connectivity index (χ1) is 9.10. The normalized spacial score (nSPS) is 12.4. The molecule has 19 heavy (non-hydrogen) atoms. The molecule has 0 spiro atoms. The van der Waals surface area contributed by atoms with Crippen LogP contribution in [0, 0.1) is 6.92 Å². The van der Waals surface area contributed by atoms with Crippen LogP contribution in [0.1, 0.15) is 28.5 Å². The highest BCUT2D eigenvalue weighted by Gasteiger charge is 2.09. The molecule has 0 unspecified atom stereocenters. The number of halogens is 1. The summed E-state index contributed by atoms with van der Waals surface area (Å²) in [5, 5.41) is 13.6. The Morgan fingerprint density at radius 3 is 2.79 bits per heavy atom. The standard InChI is InChI=1S/C13H16BrN3OS/c1-8(15-7-13-17-16-9(2)19-13)10-4-5-12(18-3)11(14)6-10/h4-6,8,15H,7H2,1-3H3/t8-/m0/s1. The van der Waals surface area contributed by atoms with Crippen molar-refractivity contribution >= 4 is 27.3 Å². The lowest BCUT2D eigenvalue weighted by molar-refractivity contribution is 0.411. The highest BCUT2D eigenvalue weighted by molar-refractivity contribution is 9.10. The van der Waals surface area contributed by atoms with Crippen molar-refractivity contribution in [1.82, 2.24) is 15.5 Å². The molecule has 2 rings (SSSR count). The minimum Gasteiger partial charge on any atom is -0.496 e. The van der Waals surface area contributed by atoms with Crippen molar-refractivity contribution in [2.24, 2.45) is 0 Å². The number of hydrogen-bond donors (Lipinski definition) is 1. The van der Waals surface area contributed by atoms with Crippen molar-refractivity contribution < 1.29 is 4.74 Å². The summed E-state index contributed by atoms with van der Waals surface area (Å²) in [5.74, 6) is 0.843. The number of methoxy groups -OCH3 is 1. The van der Waals surface area contributed by atoms with E-state index >= 15 is 0 Å². The molecule has 1 N–H and O–H groups in total. The summed E-state index contributed by atoms with van der Waals surface area (Å²) < 4.78 is 6.19. The fourth-order valence-electron chi connectivity index (χ4n) is 1.72. The van der Waals surface area contributed by atoms with Crippen LogP contribution >= 0.6 is 27.3 Å². The summed E-state index contributed by atoms with van der Waals surface area (Å²) in [7, 11) is 1.67. The van der Waals surface area contributed by atoms with Crippen LogP contribution < -0.4 is 10.1 Å². The van der Waals surface area contributed by atoms with Crippen LogP contribution in [0.2, 0.25) is 0 Å². The molecule has 0 bridgehead atoms. The summed E-state index contributed by atoms with van der Waals surface area (Å²) >= 11 is 5.12. The molecule has 4 nitrogen and oxygen atoms in total. The summed E-state index contributed by atoms with van der Waals surface area (Å²) in [4.78, 5) is 0. The van der Waals surface area contributed by atoms with Gasteiger partial charge < -0.3 is 10.1 Å². The summed E-state index contributed by atoms with van der Waals surface area (Å²) in [6.07, 6.45) is 0. The van der Waals surface area contributed by atoms with Gasteiger partial charge in [-0.3, -0.25) is 0 Å². The Bertz CT molecular complexity index is 559. The lowest BCUT2D eigenvalue weighted by Crippen LogP contribution is -2.18. The number of benzene rings is 1. The maximum atomic E-state index is 5.23. The van der Waals surface area contributed by atoms with E-state index in [1.54, 1.807) is 18.4 Å². The van der Waals surface area contributed by atoms with Gasteiger partial charge in [-0.25, -0.2) is 0 Å². The number of nitrogens with zero attached hydrogens (tertiary/aromatic N) is 2. The molecule has 0 saturated heterocycles. The lowest BCUT2D eigenvalue weighted by Gasteiger charge is -2.14. The monoisotopic (exact) mass is 341 g/mol. The molecular formula is C13H16BrN3OS. The highest BCUT2D eigenvalue weighted by atomic mass is 79.9. The fourth-order valence-corrected chi connectivity index (χ4v) is 2.94. The molecule has 1 aromatic heterocycles. The number of nitrogens with one attached hydrogen (secondary N) is 1. The van der Waals surface area contributed by atoms with Gasteiger partial charge in [0.2, 0.25) is 0 Å². The Hall–Kier alpha value is -0.980. The number of ether oxygens (including phenoxy) is 1. The molecule has 0 amide bonds. The summed E-state index contributed by atoms with van der Waals surface area (Å²) in [5.41, 5.74) is 1.20. The molecule has 0 radical (unpaired) electrons. The Balaban J connectivity index is 1.99. The number of rotatable bonds is 5. The second-order valence-electron chi connectivity index (χ2n) is 4.21. The van der Waals surface area contributed by atoms with E-state index in [4.69, 9.17) is 4.74 Å². The van der Waals surface area contributed by atoms with Gasteiger partial charge in [0.05, 0.1) is 18.1 Å². The minimum absolute atomic E-state index is 0.242. The van der Waals surface area contributed by atoms with Crippen LogP contribution in [0.5, 0.6) is 5.75 Å². The third-order valence-corrected chi connectivity index (χ3v) is 4.26. The summed E-state index contributed by atoms with van der Waals surface area (Å²) in [6.45, 7) is 4.82. The first kappa shape index (κ1) is 14.4. The Kier molecular flexibility index (Phi) is 4.90.